The minimum absolute atomic E-state index is 0.534. The Labute approximate surface area is 92.7 Å². The van der Waals surface area contributed by atoms with Crippen molar-refractivity contribution < 1.29 is 13.6 Å². The average molecular weight is 232 g/mol. The normalized spacial score (nSPS) is 13.5. The summed E-state index contributed by atoms with van der Waals surface area (Å²) in [4.78, 5) is 0. The largest absolute Gasteiger partial charge is 0.362 e. The number of hydrogen-bond acceptors (Lipinski definition) is 3. The molecule has 0 aromatic rings. The molecule has 0 spiro atoms. The predicted octanol–water partition coefficient (Wildman–Crippen LogP) is 4.11. The molecule has 88 valence electrons. The molecule has 4 heteroatoms. The average Bonchev–Trinajstić information content (AvgIpc) is 1.74. The fourth-order valence-corrected chi connectivity index (χ4v) is 2.84. The van der Waals surface area contributed by atoms with Gasteiger partial charge in [0, 0.05) is 0 Å². The molecule has 0 aliphatic heterocycles. The highest BCUT2D eigenvalue weighted by atomic mass is 31.2. The van der Waals surface area contributed by atoms with E-state index < -0.39 is 18.8 Å². The molecule has 0 rings (SSSR count). The van der Waals surface area contributed by atoms with Gasteiger partial charge in [0.05, 0.1) is 17.0 Å². The Bertz CT molecular complexity index is 281. The second kappa shape index (κ2) is 4.67. The summed E-state index contributed by atoms with van der Waals surface area (Å²) in [6.45, 7) is 14.3. The van der Waals surface area contributed by atoms with Gasteiger partial charge in [-0.25, -0.2) is 0 Å². The van der Waals surface area contributed by atoms with Gasteiger partial charge in [-0.15, -0.1) is 5.73 Å². The predicted molar refractivity (Wildman–Crippen MR) is 63.0 cm³/mol. The van der Waals surface area contributed by atoms with Crippen LogP contribution in [0, 0.1) is 0 Å². The van der Waals surface area contributed by atoms with Crippen molar-refractivity contribution in [3.05, 3.63) is 18.1 Å². The Hall–Kier alpha value is -0.330. The van der Waals surface area contributed by atoms with Crippen LogP contribution in [0.3, 0.4) is 0 Å². The van der Waals surface area contributed by atoms with E-state index in [0.29, 0.717) is 0 Å². The third-order valence-corrected chi connectivity index (χ3v) is 3.15. The molecule has 0 N–H and O–H groups in total. The Morgan fingerprint density at radius 3 is 1.60 bits per heavy atom. The highest BCUT2D eigenvalue weighted by molar-refractivity contribution is 7.57. The van der Waals surface area contributed by atoms with Crippen molar-refractivity contribution in [2.24, 2.45) is 0 Å². The molecular weight excluding hydrogens is 211 g/mol. The molecule has 3 nitrogen and oxygen atoms in total. The lowest BCUT2D eigenvalue weighted by Crippen LogP contribution is -2.23. The van der Waals surface area contributed by atoms with E-state index >= 15 is 0 Å². The summed E-state index contributed by atoms with van der Waals surface area (Å²) in [5, 5.41) is 0. The number of hydrogen-bond donors (Lipinski definition) is 0. The van der Waals surface area contributed by atoms with Crippen molar-refractivity contribution in [2.75, 3.05) is 0 Å². The maximum Gasteiger partial charge on any atom is 0.362 e. The van der Waals surface area contributed by atoms with E-state index in [9.17, 15) is 4.57 Å². The quantitative estimate of drug-likeness (QED) is 0.542. The van der Waals surface area contributed by atoms with E-state index in [2.05, 4.69) is 12.3 Å². The summed E-state index contributed by atoms with van der Waals surface area (Å²) in [6, 6.07) is 0. The maximum atomic E-state index is 12.2. The van der Waals surface area contributed by atoms with E-state index in [0.717, 1.165) is 0 Å². The van der Waals surface area contributed by atoms with Crippen molar-refractivity contribution in [3.8, 4) is 0 Å². The molecule has 0 heterocycles. The molecule has 0 saturated heterocycles. The molecule has 15 heavy (non-hydrogen) atoms. The second-order valence-electron chi connectivity index (χ2n) is 5.28. The van der Waals surface area contributed by atoms with Gasteiger partial charge in [0.15, 0.2) is 0 Å². The van der Waals surface area contributed by atoms with Crippen LogP contribution in [0.25, 0.3) is 0 Å². The van der Waals surface area contributed by atoms with Crippen molar-refractivity contribution in [2.45, 2.75) is 52.7 Å². The maximum absolute atomic E-state index is 12.2. The molecule has 0 aliphatic rings. The van der Waals surface area contributed by atoms with Gasteiger partial charge in [-0.2, -0.15) is 0 Å². The summed E-state index contributed by atoms with van der Waals surface area (Å²) in [5.74, 6) is 1.27. The Morgan fingerprint density at radius 1 is 1.07 bits per heavy atom. The highest BCUT2D eigenvalue weighted by Crippen LogP contribution is 2.55. The smallest absolute Gasteiger partial charge is 0.299 e. The van der Waals surface area contributed by atoms with Crippen LogP contribution in [-0.4, -0.2) is 11.2 Å². The fraction of sp³-hybridized carbons (Fsp3) is 0.727. The lowest BCUT2D eigenvalue weighted by Gasteiger charge is -2.29. The molecular formula is C11H21O3P. The van der Waals surface area contributed by atoms with Crippen molar-refractivity contribution in [3.63, 3.8) is 0 Å². The minimum Gasteiger partial charge on any atom is -0.299 e. The van der Waals surface area contributed by atoms with Crippen LogP contribution in [0.15, 0.2) is 18.1 Å². The zero-order chi connectivity index (χ0) is 12.3. The van der Waals surface area contributed by atoms with Crippen molar-refractivity contribution >= 4 is 7.60 Å². The van der Waals surface area contributed by atoms with Crippen LogP contribution in [0.4, 0.5) is 0 Å². The molecule has 0 aromatic carbocycles. The Morgan fingerprint density at radius 2 is 1.40 bits per heavy atom. The molecule has 0 atom stereocenters. The molecule has 0 amide bonds. The molecule has 0 aliphatic carbocycles. The van der Waals surface area contributed by atoms with Gasteiger partial charge in [-0.3, -0.25) is 13.6 Å². The summed E-state index contributed by atoms with van der Waals surface area (Å²) in [5.41, 5.74) is 1.40. The first-order chi connectivity index (χ1) is 6.47. The molecule has 0 saturated carbocycles. The van der Waals surface area contributed by atoms with E-state index in [1.165, 1.54) is 5.82 Å². The molecule has 0 bridgehead atoms. The van der Waals surface area contributed by atoms with Crippen molar-refractivity contribution in [1.29, 1.82) is 0 Å². The van der Waals surface area contributed by atoms with Crippen molar-refractivity contribution in [1.82, 2.24) is 0 Å². The van der Waals surface area contributed by atoms with Gasteiger partial charge < -0.3 is 0 Å². The first kappa shape index (κ1) is 14.7. The molecule has 0 unspecified atom stereocenters. The third-order valence-electron chi connectivity index (χ3n) is 1.05. The Kier molecular flexibility index (Phi) is 4.57. The van der Waals surface area contributed by atoms with Gasteiger partial charge in [-0.05, 0) is 41.5 Å². The zero-order valence-electron chi connectivity index (χ0n) is 10.5. The molecule has 0 radical (unpaired) electrons. The highest BCUT2D eigenvalue weighted by Gasteiger charge is 2.32. The van der Waals surface area contributed by atoms with E-state index in [1.54, 1.807) is 0 Å². The standard InChI is InChI=1S/C11H21O3P/c1-8-9-15(12,13-10(2,3)4)14-11(5,6)7/h9H,1H2,2-7H3. The van der Waals surface area contributed by atoms with Crippen LogP contribution < -0.4 is 0 Å². The van der Waals surface area contributed by atoms with Crippen LogP contribution in [0.1, 0.15) is 41.5 Å². The van der Waals surface area contributed by atoms with Gasteiger partial charge in [0.25, 0.3) is 0 Å². The molecule has 0 aromatic heterocycles. The monoisotopic (exact) mass is 232 g/mol. The summed E-state index contributed by atoms with van der Waals surface area (Å²) < 4.78 is 23.1. The van der Waals surface area contributed by atoms with Gasteiger partial charge in [0.2, 0.25) is 0 Å². The summed E-state index contributed by atoms with van der Waals surface area (Å²) in [6.07, 6.45) is 0. The van der Waals surface area contributed by atoms with E-state index in [-0.39, 0.29) is 0 Å². The van der Waals surface area contributed by atoms with Gasteiger partial charge in [-0.1, -0.05) is 6.58 Å². The first-order valence-corrected chi connectivity index (χ1v) is 6.47. The number of rotatable bonds is 3. The Balaban J connectivity index is 4.93. The lowest BCUT2D eigenvalue weighted by molar-refractivity contribution is 0.0542. The third kappa shape index (κ3) is 7.58. The van der Waals surface area contributed by atoms with E-state index in [4.69, 9.17) is 9.05 Å². The van der Waals surface area contributed by atoms with Crippen LogP contribution in [0.2, 0.25) is 0 Å². The van der Waals surface area contributed by atoms with E-state index in [1.807, 2.05) is 41.5 Å². The zero-order valence-corrected chi connectivity index (χ0v) is 11.4. The lowest BCUT2D eigenvalue weighted by atomic mass is 10.2. The molecule has 0 fully saturated rings. The summed E-state index contributed by atoms with van der Waals surface area (Å²) in [7, 11) is -3.26. The van der Waals surface area contributed by atoms with Gasteiger partial charge >= 0.3 is 7.60 Å². The van der Waals surface area contributed by atoms with Crippen LogP contribution >= 0.6 is 7.60 Å². The SMILES string of the molecule is C=C=CP(=O)(OC(C)(C)C)OC(C)(C)C. The fourth-order valence-electron chi connectivity index (χ4n) is 0.947. The minimum atomic E-state index is -3.26. The van der Waals surface area contributed by atoms with Crippen LogP contribution in [-0.2, 0) is 13.6 Å². The second-order valence-corrected chi connectivity index (χ2v) is 6.98. The summed E-state index contributed by atoms with van der Waals surface area (Å²) >= 11 is 0. The topological polar surface area (TPSA) is 35.5 Å². The first-order valence-electron chi connectivity index (χ1n) is 4.86. The van der Waals surface area contributed by atoms with Crippen LogP contribution in [0.5, 0.6) is 0 Å². The van der Waals surface area contributed by atoms with Gasteiger partial charge in [0.1, 0.15) is 0 Å².